The average molecular weight is 390 g/mol. The van der Waals surface area contributed by atoms with Crippen LogP contribution in [0.3, 0.4) is 0 Å². The highest BCUT2D eigenvalue weighted by Crippen LogP contribution is 2.30. The fourth-order valence-electron chi connectivity index (χ4n) is 2.80. The van der Waals surface area contributed by atoms with Gasteiger partial charge in [0.25, 0.3) is 5.91 Å². The number of rotatable bonds is 6. The lowest BCUT2D eigenvalue weighted by Crippen LogP contribution is -2.47. The number of amides is 2. The summed E-state index contributed by atoms with van der Waals surface area (Å²) in [6.07, 6.45) is 3.65. The fourth-order valence-corrected chi connectivity index (χ4v) is 3.00. The van der Waals surface area contributed by atoms with Crippen molar-refractivity contribution >= 4 is 29.1 Å². The highest BCUT2D eigenvalue weighted by molar-refractivity contribution is 6.30. The van der Waals surface area contributed by atoms with Crippen LogP contribution in [0.2, 0.25) is 5.02 Å². The van der Waals surface area contributed by atoms with Crippen molar-refractivity contribution in [3.63, 3.8) is 0 Å². The molecule has 0 bridgehead atoms. The second-order valence-corrected chi connectivity index (χ2v) is 7.12. The van der Waals surface area contributed by atoms with Gasteiger partial charge in [-0.2, -0.15) is 0 Å². The van der Waals surface area contributed by atoms with Gasteiger partial charge in [0.2, 0.25) is 5.91 Å². The number of aromatic hydroxyl groups is 1. The van der Waals surface area contributed by atoms with Crippen LogP contribution in [0.4, 0.5) is 5.69 Å². The highest BCUT2D eigenvalue weighted by Gasteiger charge is 2.34. The van der Waals surface area contributed by atoms with E-state index in [1.54, 1.807) is 6.07 Å². The first-order chi connectivity index (χ1) is 12.8. The zero-order valence-electron chi connectivity index (χ0n) is 14.5. The summed E-state index contributed by atoms with van der Waals surface area (Å²) in [6, 6.07) is 7.50. The molecule has 3 rings (SSSR count). The van der Waals surface area contributed by atoms with Crippen LogP contribution in [-0.2, 0) is 11.2 Å². The lowest BCUT2D eigenvalue weighted by atomic mass is 9.80. The molecule has 4 N–H and O–H groups in total. The number of phenolic OH excluding ortho intramolecular Hbond substituents is 1. The number of anilines is 1. The van der Waals surface area contributed by atoms with Crippen LogP contribution in [0.5, 0.6) is 5.75 Å². The minimum atomic E-state index is -0.819. The van der Waals surface area contributed by atoms with Gasteiger partial charge in [0.05, 0.1) is 12.0 Å². The van der Waals surface area contributed by atoms with Gasteiger partial charge in [-0.1, -0.05) is 11.6 Å². The summed E-state index contributed by atoms with van der Waals surface area (Å²) in [5.74, 6) is -0.800. The summed E-state index contributed by atoms with van der Waals surface area (Å²) in [7, 11) is 0. The van der Waals surface area contributed by atoms with Crippen LogP contribution >= 0.6 is 11.6 Å². The zero-order valence-corrected chi connectivity index (χ0v) is 15.3. The van der Waals surface area contributed by atoms with Crippen molar-refractivity contribution < 1.29 is 19.8 Å². The van der Waals surface area contributed by atoms with E-state index < -0.39 is 11.5 Å². The van der Waals surface area contributed by atoms with Gasteiger partial charge in [-0.3, -0.25) is 14.6 Å². The molecule has 1 heterocycles. The molecule has 0 saturated heterocycles. The lowest BCUT2D eigenvalue weighted by Gasteiger charge is -2.36. The number of phenols is 1. The van der Waals surface area contributed by atoms with Gasteiger partial charge in [0.15, 0.2) is 0 Å². The number of carbonyl (C=O) groups excluding carboxylic acids is 2. The molecular weight excluding hydrogens is 370 g/mol. The normalized spacial score (nSPS) is 14.9. The topological polar surface area (TPSA) is 112 Å². The quantitative estimate of drug-likeness (QED) is 0.605. The Labute approximate surface area is 161 Å². The number of hydrogen-bond donors (Lipinski definition) is 4. The number of pyridine rings is 1. The van der Waals surface area contributed by atoms with Crippen LogP contribution in [0.25, 0.3) is 0 Å². The molecule has 0 unspecified atom stereocenters. The van der Waals surface area contributed by atoms with Crippen molar-refractivity contribution in [3.8, 4) is 5.75 Å². The molecule has 27 heavy (non-hydrogen) atoms. The molecule has 8 heteroatoms. The van der Waals surface area contributed by atoms with E-state index in [0.717, 1.165) is 6.42 Å². The van der Waals surface area contributed by atoms with E-state index in [1.807, 2.05) is 0 Å². The van der Waals surface area contributed by atoms with Crippen LogP contribution < -0.4 is 10.6 Å². The molecule has 0 aliphatic heterocycles. The number of nitrogens with zero attached hydrogens (tertiary/aromatic N) is 1. The minimum Gasteiger partial charge on any atom is -0.508 e. The Bertz CT molecular complexity index is 868. The van der Waals surface area contributed by atoms with Crippen molar-refractivity contribution in [2.24, 2.45) is 0 Å². The average Bonchev–Trinajstić information content (AvgIpc) is 2.61. The molecule has 1 aliphatic carbocycles. The Balaban J connectivity index is 1.60. The van der Waals surface area contributed by atoms with Gasteiger partial charge >= 0.3 is 0 Å². The monoisotopic (exact) mass is 389 g/mol. The van der Waals surface area contributed by atoms with Crippen LogP contribution in [0, 0.1) is 0 Å². The molecule has 1 aromatic carbocycles. The van der Waals surface area contributed by atoms with Gasteiger partial charge in [0, 0.05) is 29.0 Å². The maximum Gasteiger partial charge on any atom is 0.270 e. The molecule has 2 amide bonds. The Kier molecular flexibility index (Phi) is 5.62. The Morgan fingerprint density at radius 1 is 1.22 bits per heavy atom. The van der Waals surface area contributed by atoms with Crippen molar-refractivity contribution in [2.75, 3.05) is 11.9 Å². The maximum absolute atomic E-state index is 12.2. The highest BCUT2D eigenvalue weighted by atomic mass is 35.5. The van der Waals surface area contributed by atoms with E-state index in [-0.39, 0.29) is 30.3 Å². The largest absolute Gasteiger partial charge is 0.508 e. The SMILES string of the molecule is O=C(Cc1cc(Cl)ccc1O)Nc1ccnc(C(=O)NCC2(O)CCC2)c1. The number of aromatic nitrogens is 1. The van der Waals surface area contributed by atoms with Gasteiger partial charge in [-0.15, -0.1) is 0 Å². The fraction of sp³-hybridized carbons (Fsp3) is 0.316. The van der Waals surface area contributed by atoms with E-state index in [4.69, 9.17) is 11.6 Å². The summed E-state index contributed by atoms with van der Waals surface area (Å²) in [5.41, 5.74) is 0.131. The molecule has 0 radical (unpaired) electrons. The van der Waals surface area contributed by atoms with Crippen LogP contribution in [0.15, 0.2) is 36.5 Å². The summed E-state index contributed by atoms with van der Waals surface area (Å²) >= 11 is 5.88. The number of carbonyl (C=O) groups is 2. The molecular formula is C19H20ClN3O4. The number of aliphatic hydroxyl groups is 1. The number of benzene rings is 1. The van der Waals surface area contributed by atoms with Crippen molar-refractivity contribution in [1.29, 1.82) is 0 Å². The molecule has 1 aromatic heterocycles. The molecule has 7 nitrogen and oxygen atoms in total. The second-order valence-electron chi connectivity index (χ2n) is 6.69. The minimum absolute atomic E-state index is 0.0155. The molecule has 1 aliphatic rings. The number of hydrogen-bond acceptors (Lipinski definition) is 5. The molecule has 1 fully saturated rings. The Morgan fingerprint density at radius 3 is 2.70 bits per heavy atom. The third-order valence-electron chi connectivity index (χ3n) is 4.53. The Morgan fingerprint density at radius 2 is 2.00 bits per heavy atom. The molecule has 0 spiro atoms. The molecule has 142 valence electrons. The molecule has 0 atom stereocenters. The standard InChI is InChI=1S/C19H20ClN3O4/c20-13-2-3-16(24)12(8-13)9-17(25)23-14-4-7-21-15(10-14)18(26)22-11-19(27)5-1-6-19/h2-4,7-8,10,24,27H,1,5-6,9,11H2,(H,22,26)(H,21,23,25). The van der Waals surface area contributed by atoms with E-state index in [2.05, 4.69) is 15.6 Å². The van der Waals surface area contributed by atoms with Gasteiger partial charge in [-0.05, 0) is 49.6 Å². The van der Waals surface area contributed by atoms with Gasteiger partial charge in [0.1, 0.15) is 11.4 Å². The Hall–Kier alpha value is -2.64. The van der Waals surface area contributed by atoms with Crippen molar-refractivity contribution in [2.45, 2.75) is 31.3 Å². The van der Waals surface area contributed by atoms with E-state index in [9.17, 15) is 19.8 Å². The number of halogens is 1. The van der Waals surface area contributed by atoms with E-state index in [1.165, 1.54) is 30.5 Å². The van der Waals surface area contributed by atoms with Gasteiger partial charge < -0.3 is 20.8 Å². The summed E-state index contributed by atoms with van der Waals surface area (Å²) < 4.78 is 0. The first kappa shape index (κ1) is 19.1. The summed E-state index contributed by atoms with van der Waals surface area (Å²) in [4.78, 5) is 28.4. The molecule has 2 aromatic rings. The zero-order chi connectivity index (χ0) is 19.4. The third-order valence-corrected chi connectivity index (χ3v) is 4.77. The van der Waals surface area contributed by atoms with Gasteiger partial charge in [-0.25, -0.2) is 0 Å². The second kappa shape index (κ2) is 7.94. The first-order valence-corrected chi connectivity index (χ1v) is 8.96. The van der Waals surface area contributed by atoms with E-state index >= 15 is 0 Å². The first-order valence-electron chi connectivity index (χ1n) is 8.58. The van der Waals surface area contributed by atoms with Crippen molar-refractivity contribution in [1.82, 2.24) is 10.3 Å². The predicted molar refractivity (Wildman–Crippen MR) is 101 cm³/mol. The molecule has 1 saturated carbocycles. The van der Waals surface area contributed by atoms with E-state index in [0.29, 0.717) is 29.1 Å². The van der Waals surface area contributed by atoms with Crippen LogP contribution in [-0.4, -0.2) is 39.2 Å². The lowest BCUT2D eigenvalue weighted by molar-refractivity contribution is -0.115. The maximum atomic E-state index is 12.2. The summed E-state index contributed by atoms with van der Waals surface area (Å²) in [6.45, 7) is 0.179. The van der Waals surface area contributed by atoms with Crippen molar-refractivity contribution in [3.05, 3.63) is 52.8 Å². The third kappa shape index (κ3) is 4.96. The summed E-state index contributed by atoms with van der Waals surface area (Å²) in [5, 5.41) is 25.6. The smallest absolute Gasteiger partial charge is 0.270 e. The van der Waals surface area contributed by atoms with Crippen LogP contribution in [0.1, 0.15) is 35.3 Å². The number of nitrogens with one attached hydrogen (secondary N) is 2. The predicted octanol–water partition coefficient (Wildman–Crippen LogP) is 2.27.